The smallest absolute Gasteiger partial charge is 0.262 e. The number of nitrogens with one attached hydrogen (secondary N) is 3. The van der Waals surface area contributed by atoms with Crippen LogP contribution in [0.3, 0.4) is 0 Å². The quantitative estimate of drug-likeness (QED) is 0.590. The Kier molecular flexibility index (Phi) is 4.87. The van der Waals surface area contributed by atoms with Crippen LogP contribution in [0.5, 0.6) is 0 Å². The maximum absolute atomic E-state index is 13.3. The van der Waals surface area contributed by atoms with Gasteiger partial charge < -0.3 is 5.32 Å². The van der Waals surface area contributed by atoms with Gasteiger partial charge in [-0.25, -0.2) is 0 Å². The lowest BCUT2D eigenvalue weighted by molar-refractivity contribution is -0.136. The van der Waals surface area contributed by atoms with Gasteiger partial charge in [-0.05, 0) is 18.1 Å². The average molecular weight is 422 g/mol. The topological polar surface area (TPSA) is 128 Å². The fraction of sp³-hybridized carbons (Fsp3) is 0.381. The predicted molar refractivity (Wildman–Crippen MR) is 108 cm³/mol. The van der Waals surface area contributed by atoms with Crippen molar-refractivity contribution in [1.29, 1.82) is 0 Å². The first kappa shape index (κ1) is 19.6. The van der Waals surface area contributed by atoms with Gasteiger partial charge in [0.2, 0.25) is 11.8 Å². The highest BCUT2D eigenvalue weighted by Crippen LogP contribution is 2.32. The Labute approximate surface area is 178 Å². The summed E-state index contributed by atoms with van der Waals surface area (Å²) in [5, 5.41) is 12.5. The van der Waals surface area contributed by atoms with Gasteiger partial charge in [0.1, 0.15) is 6.04 Å². The second-order valence-corrected chi connectivity index (χ2v) is 8.01. The normalized spacial score (nSPS) is 24.5. The lowest BCUT2D eigenvalue weighted by atomic mass is 10.00. The number of nitrogens with zero attached hydrogens (tertiary/aromatic N) is 3. The van der Waals surface area contributed by atoms with Gasteiger partial charge in [0.25, 0.3) is 11.8 Å². The fourth-order valence-corrected chi connectivity index (χ4v) is 4.64. The first-order valence-electron chi connectivity index (χ1n) is 10.3. The molecule has 5 rings (SSSR count). The molecule has 2 saturated heterocycles. The molecule has 2 unspecified atom stereocenters. The van der Waals surface area contributed by atoms with Crippen LogP contribution in [0.25, 0.3) is 0 Å². The largest absolute Gasteiger partial charge is 0.314 e. The number of fused-ring (bicyclic) bond motifs is 1. The van der Waals surface area contributed by atoms with Gasteiger partial charge in [-0.2, -0.15) is 5.10 Å². The van der Waals surface area contributed by atoms with E-state index in [0.29, 0.717) is 17.7 Å². The number of H-pyrrole nitrogens is 1. The molecule has 3 aliphatic heterocycles. The minimum Gasteiger partial charge on any atom is -0.314 e. The van der Waals surface area contributed by atoms with E-state index in [2.05, 4.69) is 25.7 Å². The maximum atomic E-state index is 13.3. The van der Waals surface area contributed by atoms with Crippen LogP contribution in [0.4, 0.5) is 0 Å². The average Bonchev–Trinajstić information content (AvgIpc) is 3.37. The molecule has 2 atom stereocenters. The highest BCUT2D eigenvalue weighted by Gasteiger charge is 2.45. The Morgan fingerprint density at radius 2 is 1.97 bits per heavy atom. The molecule has 0 radical (unpaired) electrons. The summed E-state index contributed by atoms with van der Waals surface area (Å²) >= 11 is 0. The second-order valence-electron chi connectivity index (χ2n) is 8.01. The van der Waals surface area contributed by atoms with E-state index < -0.39 is 23.8 Å². The van der Waals surface area contributed by atoms with E-state index in [1.807, 2.05) is 12.3 Å². The van der Waals surface area contributed by atoms with E-state index in [4.69, 9.17) is 0 Å². The molecule has 10 nitrogen and oxygen atoms in total. The third kappa shape index (κ3) is 3.33. The monoisotopic (exact) mass is 422 g/mol. The summed E-state index contributed by atoms with van der Waals surface area (Å²) in [6.45, 7) is 2.84. The van der Waals surface area contributed by atoms with E-state index in [0.717, 1.165) is 35.7 Å². The molecule has 3 aliphatic rings. The number of benzene rings is 1. The van der Waals surface area contributed by atoms with E-state index in [1.165, 1.54) is 0 Å². The van der Waals surface area contributed by atoms with E-state index in [1.54, 1.807) is 18.3 Å². The Bertz CT molecular complexity index is 1070. The van der Waals surface area contributed by atoms with Gasteiger partial charge in [0, 0.05) is 44.4 Å². The molecule has 1 aromatic heterocycles. The molecule has 2 aromatic rings. The highest BCUT2D eigenvalue weighted by atomic mass is 16.2. The van der Waals surface area contributed by atoms with Crippen LogP contribution in [-0.2, 0) is 16.1 Å². The molecule has 2 fully saturated rings. The van der Waals surface area contributed by atoms with E-state index in [9.17, 15) is 19.2 Å². The third-order valence-corrected chi connectivity index (χ3v) is 6.19. The van der Waals surface area contributed by atoms with Crippen molar-refractivity contribution in [3.8, 4) is 0 Å². The van der Waals surface area contributed by atoms with Crippen molar-refractivity contribution in [3.63, 3.8) is 0 Å². The Hall–Kier alpha value is -3.37. The molecule has 0 aliphatic carbocycles. The van der Waals surface area contributed by atoms with E-state index in [-0.39, 0.29) is 24.8 Å². The van der Waals surface area contributed by atoms with Crippen molar-refractivity contribution in [1.82, 2.24) is 30.6 Å². The maximum Gasteiger partial charge on any atom is 0.262 e. The Morgan fingerprint density at radius 3 is 2.74 bits per heavy atom. The number of aromatic amines is 1. The van der Waals surface area contributed by atoms with Crippen LogP contribution in [-0.4, -0.2) is 69.3 Å². The SMILES string of the molecule is O=C1CCC(N2C(=O)c3cccc(CN4CCNCC4c4cn[nH]c4)c3C2=O)C(=O)N1. The highest BCUT2D eigenvalue weighted by molar-refractivity contribution is 6.24. The molecule has 10 heteroatoms. The van der Waals surface area contributed by atoms with E-state index >= 15 is 0 Å². The molecule has 31 heavy (non-hydrogen) atoms. The molecular formula is C21H22N6O4. The van der Waals surface area contributed by atoms with Crippen molar-refractivity contribution >= 4 is 23.6 Å². The zero-order valence-electron chi connectivity index (χ0n) is 16.8. The van der Waals surface area contributed by atoms with Gasteiger partial charge in [-0.15, -0.1) is 0 Å². The Balaban J connectivity index is 1.44. The van der Waals surface area contributed by atoms with Gasteiger partial charge in [-0.3, -0.25) is 39.4 Å². The molecular weight excluding hydrogens is 400 g/mol. The molecule has 4 heterocycles. The molecule has 4 amide bonds. The first-order valence-corrected chi connectivity index (χ1v) is 10.3. The summed E-state index contributed by atoms with van der Waals surface area (Å²) in [6.07, 6.45) is 3.90. The zero-order valence-corrected chi connectivity index (χ0v) is 16.8. The van der Waals surface area contributed by atoms with Gasteiger partial charge >= 0.3 is 0 Å². The number of hydrogen-bond acceptors (Lipinski definition) is 7. The van der Waals surface area contributed by atoms with Crippen LogP contribution in [0, 0.1) is 0 Å². The molecule has 160 valence electrons. The zero-order chi connectivity index (χ0) is 21.5. The third-order valence-electron chi connectivity index (χ3n) is 6.19. The van der Waals surface area contributed by atoms with Crippen LogP contribution >= 0.6 is 0 Å². The number of piperazine rings is 1. The molecule has 3 N–H and O–H groups in total. The summed E-state index contributed by atoms with van der Waals surface area (Å²) in [5.41, 5.74) is 2.46. The van der Waals surface area contributed by atoms with Crippen molar-refractivity contribution in [2.45, 2.75) is 31.5 Å². The fourth-order valence-electron chi connectivity index (χ4n) is 4.64. The van der Waals surface area contributed by atoms with Gasteiger partial charge in [0.05, 0.1) is 23.4 Å². The Morgan fingerprint density at radius 1 is 1.10 bits per heavy atom. The number of aromatic nitrogens is 2. The number of amides is 4. The van der Waals surface area contributed by atoms with Crippen LogP contribution < -0.4 is 10.6 Å². The minimum absolute atomic E-state index is 0.0850. The number of rotatable bonds is 4. The van der Waals surface area contributed by atoms with Crippen molar-refractivity contribution in [3.05, 3.63) is 52.8 Å². The molecule has 1 aromatic carbocycles. The number of piperidine rings is 1. The van der Waals surface area contributed by atoms with Crippen molar-refractivity contribution in [2.24, 2.45) is 0 Å². The van der Waals surface area contributed by atoms with Crippen LogP contribution in [0.2, 0.25) is 0 Å². The molecule has 0 saturated carbocycles. The van der Waals surface area contributed by atoms with Crippen LogP contribution in [0.15, 0.2) is 30.6 Å². The molecule has 0 spiro atoms. The standard InChI is InChI=1S/C21H22N6O4/c28-17-5-4-15(19(29)25-17)27-20(30)14-3-1-2-12(18(14)21(27)31)11-26-7-6-22-10-16(26)13-8-23-24-9-13/h1-3,8-9,15-16,22H,4-7,10-11H2,(H,23,24)(H,25,28,29). The lowest BCUT2D eigenvalue weighted by Gasteiger charge is -2.36. The lowest BCUT2D eigenvalue weighted by Crippen LogP contribution is -2.54. The number of carbonyl (C=O) groups is 4. The minimum atomic E-state index is -0.962. The summed E-state index contributed by atoms with van der Waals surface area (Å²) in [5.74, 6) is -1.94. The number of carbonyl (C=O) groups excluding carboxylic acids is 4. The van der Waals surface area contributed by atoms with Crippen molar-refractivity contribution < 1.29 is 19.2 Å². The van der Waals surface area contributed by atoms with Gasteiger partial charge in [0.15, 0.2) is 0 Å². The summed E-state index contributed by atoms with van der Waals surface area (Å²) in [7, 11) is 0. The predicted octanol–water partition coefficient (Wildman–Crippen LogP) is -0.0426. The van der Waals surface area contributed by atoms with Gasteiger partial charge in [-0.1, -0.05) is 12.1 Å². The summed E-state index contributed by atoms with van der Waals surface area (Å²) < 4.78 is 0. The van der Waals surface area contributed by atoms with Crippen molar-refractivity contribution in [2.75, 3.05) is 19.6 Å². The number of imide groups is 2. The number of hydrogen-bond donors (Lipinski definition) is 3. The summed E-state index contributed by atoms with van der Waals surface area (Å²) in [4.78, 5) is 53.4. The molecule has 0 bridgehead atoms. The second kappa shape index (κ2) is 7.71. The first-order chi connectivity index (χ1) is 15.0. The summed E-state index contributed by atoms with van der Waals surface area (Å²) in [6, 6.07) is 4.36. The van der Waals surface area contributed by atoms with Crippen LogP contribution in [0.1, 0.15) is 50.7 Å².